The van der Waals surface area contributed by atoms with Crippen LogP contribution in [0.25, 0.3) is 11.3 Å². The molecule has 0 saturated carbocycles. The van der Waals surface area contributed by atoms with E-state index in [9.17, 15) is 4.39 Å². The Balaban J connectivity index is 1.89. The number of rotatable bonds is 2. The Hall–Kier alpha value is -1.39. The number of imidazole rings is 1. The molecule has 94 valence electrons. The first-order chi connectivity index (χ1) is 8.74. The average Bonchev–Trinajstić information content (AvgIpc) is 3.01. The van der Waals surface area contributed by atoms with Gasteiger partial charge in [-0.05, 0) is 37.6 Å². The molecule has 2 heterocycles. The van der Waals surface area contributed by atoms with Crippen molar-refractivity contribution < 1.29 is 4.39 Å². The second-order valence-corrected chi connectivity index (χ2v) is 4.87. The van der Waals surface area contributed by atoms with Crippen LogP contribution in [0.4, 0.5) is 4.39 Å². The highest BCUT2D eigenvalue weighted by atomic mass is 35.5. The lowest BCUT2D eigenvalue weighted by Crippen LogP contribution is -2.14. The SMILES string of the molecule is Fc1ccc(-c2cnc([C@@H]3CCCN3)[nH]2)cc1Cl. The van der Waals surface area contributed by atoms with Crippen LogP contribution in [0.2, 0.25) is 5.02 Å². The van der Waals surface area contributed by atoms with Crippen molar-refractivity contribution in [2.45, 2.75) is 18.9 Å². The van der Waals surface area contributed by atoms with Gasteiger partial charge in [-0.1, -0.05) is 11.6 Å². The quantitative estimate of drug-likeness (QED) is 0.875. The zero-order valence-electron chi connectivity index (χ0n) is 9.71. The lowest BCUT2D eigenvalue weighted by atomic mass is 10.2. The van der Waals surface area contributed by atoms with Crippen molar-refractivity contribution in [2.24, 2.45) is 0 Å². The van der Waals surface area contributed by atoms with E-state index in [0.29, 0.717) is 6.04 Å². The van der Waals surface area contributed by atoms with E-state index >= 15 is 0 Å². The van der Waals surface area contributed by atoms with Gasteiger partial charge in [0.2, 0.25) is 0 Å². The summed E-state index contributed by atoms with van der Waals surface area (Å²) in [6.07, 6.45) is 4.03. The Morgan fingerprint density at radius 2 is 2.28 bits per heavy atom. The minimum Gasteiger partial charge on any atom is -0.341 e. The van der Waals surface area contributed by atoms with Crippen LogP contribution in [0.1, 0.15) is 24.7 Å². The molecule has 0 spiro atoms. The number of hydrogen-bond donors (Lipinski definition) is 2. The molecule has 3 rings (SSSR count). The number of nitrogens with zero attached hydrogens (tertiary/aromatic N) is 1. The van der Waals surface area contributed by atoms with E-state index in [1.807, 2.05) is 0 Å². The first-order valence-electron chi connectivity index (χ1n) is 5.98. The molecule has 0 unspecified atom stereocenters. The zero-order chi connectivity index (χ0) is 12.5. The Morgan fingerprint density at radius 1 is 1.39 bits per heavy atom. The number of nitrogens with one attached hydrogen (secondary N) is 2. The smallest absolute Gasteiger partial charge is 0.141 e. The van der Waals surface area contributed by atoms with E-state index in [2.05, 4.69) is 15.3 Å². The fraction of sp³-hybridized carbons (Fsp3) is 0.308. The van der Waals surface area contributed by atoms with E-state index in [0.717, 1.165) is 30.0 Å². The van der Waals surface area contributed by atoms with E-state index in [1.165, 1.54) is 12.5 Å². The zero-order valence-corrected chi connectivity index (χ0v) is 10.5. The highest BCUT2D eigenvalue weighted by Crippen LogP contribution is 2.26. The summed E-state index contributed by atoms with van der Waals surface area (Å²) in [5, 5.41) is 3.51. The number of hydrogen-bond acceptors (Lipinski definition) is 2. The first-order valence-corrected chi connectivity index (χ1v) is 6.35. The van der Waals surface area contributed by atoms with Gasteiger partial charge in [-0.2, -0.15) is 0 Å². The van der Waals surface area contributed by atoms with Crippen LogP contribution in [0.3, 0.4) is 0 Å². The molecule has 1 aliphatic rings. The predicted octanol–water partition coefficient (Wildman–Crippen LogP) is 3.29. The van der Waals surface area contributed by atoms with Gasteiger partial charge < -0.3 is 10.3 Å². The van der Waals surface area contributed by atoms with Crippen LogP contribution in [0, 0.1) is 5.82 Å². The summed E-state index contributed by atoms with van der Waals surface area (Å²) in [6.45, 7) is 1.03. The highest BCUT2D eigenvalue weighted by Gasteiger charge is 2.19. The standard InChI is InChI=1S/C13H13ClFN3/c14-9-6-8(3-4-10(9)15)12-7-17-13(18-12)11-2-1-5-16-11/h3-4,6-7,11,16H,1-2,5H2,(H,17,18)/t11-/m0/s1. The fourth-order valence-corrected chi connectivity index (χ4v) is 2.42. The van der Waals surface area contributed by atoms with Crippen LogP contribution in [-0.4, -0.2) is 16.5 Å². The molecule has 1 saturated heterocycles. The predicted molar refractivity (Wildman–Crippen MR) is 69.0 cm³/mol. The summed E-state index contributed by atoms with van der Waals surface area (Å²) in [5.41, 5.74) is 1.71. The van der Waals surface area contributed by atoms with Crippen molar-refractivity contribution in [2.75, 3.05) is 6.54 Å². The molecule has 3 nitrogen and oxygen atoms in total. The van der Waals surface area contributed by atoms with Gasteiger partial charge in [0.1, 0.15) is 11.6 Å². The van der Waals surface area contributed by atoms with Crippen molar-refractivity contribution in [1.29, 1.82) is 0 Å². The van der Waals surface area contributed by atoms with Crippen molar-refractivity contribution in [3.05, 3.63) is 41.1 Å². The van der Waals surface area contributed by atoms with Gasteiger partial charge in [-0.25, -0.2) is 9.37 Å². The van der Waals surface area contributed by atoms with Crippen molar-refractivity contribution >= 4 is 11.6 Å². The largest absolute Gasteiger partial charge is 0.341 e. The summed E-state index contributed by atoms with van der Waals surface area (Å²) in [7, 11) is 0. The Kier molecular flexibility index (Phi) is 3.06. The molecule has 1 aromatic heterocycles. The monoisotopic (exact) mass is 265 g/mol. The van der Waals surface area contributed by atoms with Gasteiger partial charge in [0.25, 0.3) is 0 Å². The van der Waals surface area contributed by atoms with E-state index in [-0.39, 0.29) is 5.02 Å². The first kappa shape index (κ1) is 11.7. The van der Waals surface area contributed by atoms with Crippen LogP contribution < -0.4 is 5.32 Å². The summed E-state index contributed by atoms with van der Waals surface area (Å²) in [6, 6.07) is 4.97. The number of aromatic amines is 1. The number of H-pyrrole nitrogens is 1. The van der Waals surface area contributed by atoms with Gasteiger partial charge >= 0.3 is 0 Å². The number of benzene rings is 1. The lowest BCUT2D eigenvalue weighted by molar-refractivity contribution is 0.613. The molecule has 5 heteroatoms. The lowest BCUT2D eigenvalue weighted by Gasteiger charge is -2.05. The maximum atomic E-state index is 13.1. The molecule has 1 aromatic carbocycles. The molecule has 2 N–H and O–H groups in total. The number of halogens is 2. The second kappa shape index (κ2) is 4.71. The molecule has 0 radical (unpaired) electrons. The summed E-state index contributed by atoms with van der Waals surface area (Å²) in [4.78, 5) is 7.64. The topological polar surface area (TPSA) is 40.7 Å². The third-order valence-electron chi connectivity index (χ3n) is 3.22. The highest BCUT2D eigenvalue weighted by molar-refractivity contribution is 6.31. The van der Waals surface area contributed by atoms with E-state index in [1.54, 1.807) is 18.3 Å². The minimum atomic E-state index is -0.405. The molecule has 0 amide bonds. The summed E-state index contributed by atoms with van der Waals surface area (Å²) in [5.74, 6) is 0.528. The van der Waals surface area contributed by atoms with Crippen LogP contribution in [0.5, 0.6) is 0 Å². The van der Waals surface area contributed by atoms with E-state index < -0.39 is 5.82 Å². The molecule has 18 heavy (non-hydrogen) atoms. The molecule has 2 aromatic rings. The summed E-state index contributed by atoms with van der Waals surface area (Å²) >= 11 is 5.78. The average molecular weight is 266 g/mol. The van der Waals surface area contributed by atoms with E-state index in [4.69, 9.17) is 11.6 Å². The maximum absolute atomic E-state index is 13.1. The van der Waals surface area contributed by atoms with Crippen molar-refractivity contribution in [3.8, 4) is 11.3 Å². The third-order valence-corrected chi connectivity index (χ3v) is 3.51. The van der Waals surface area contributed by atoms with Gasteiger partial charge in [-0.3, -0.25) is 0 Å². The number of aromatic nitrogens is 2. The molecule has 1 atom stereocenters. The molecule has 1 aliphatic heterocycles. The van der Waals surface area contributed by atoms with Gasteiger partial charge in [0, 0.05) is 5.56 Å². The van der Waals surface area contributed by atoms with Crippen molar-refractivity contribution in [1.82, 2.24) is 15.3 Å². The molecule has 0 aliphatic carbocycles. The molecular formula is C13H13ClFN3. The second-order valence-electron chi connectivity index (χ2n) is 4.46. The Morgan fingerprint density at radius 3 is 3.00 bits per heavy atom. The normalized spacial score (nSPS) is 19.3. The fourth-order valence-electron chi connectivity index (χ4n) is 2.24. The molecular weight excluding hydrogens is 253 g/mol. The van der Waals surface area contributed by atoms with Crippen LogP contribution in [0.15, 0.2) is 24.4 Å². The Bertz CT molecular complexity index is 561. The van der Waals surface area contributed by atoms with Crippen LogP contribution >= 0.6 is 11.6 Å². The summed E-state index contributed by atoms with van der Waals surface area (Å²) < 4.78 is 13.1. The molecule has 0 bridgehead atoms. The van der Waals surface area contributed by atoms with Gasteiger partial charge in [0.15, 0.2) is 0 Å². The van der Waals surface area contributed by atoms with Crippen molar-refractivity contribution in [3.63, 3.8) is 0 Å². The van der Waals surface area contributed by atoms with Gasteiger partial charge in [0.05, 0.1) is 23.0 Å². The third kappa shape index (κ3) is 2.13. The molecule has 1 fully saturated rings. The maximum Gasteiger partial charge on any atom is 0.141 e. The minimum absolute atomic E-state index is 0.127. The van der Waals surface area contributed by atoms with Crippen LogP contribution in [-0.2, 0) is 0 Å². The Labute approximate surface area is 109 Å². The van der Waals surface area contributed by atoms with Gasteiger partial charge in [-0.15, -0.1) is 0 Å².